The Balaban J connectivity index is 1.76. The van der Waals surface area contributed by atoms with Crippen LogP contribution >= 0.6 is 0 Å². The number of ether oxygens (including phenoxy) is 2. The number of anilines is 1. The highest BCUT2D eigenvalue weighted by molar-refractivity contribution is 6.10. The first-order valence-corrected chi connectivity index (χ1v) is 11.0. The molecular weight excluding hydrogens is 418 g/mol. The van der Waals surface area contributed by atoms with Crippen LogP contribution in [0.25, 0.3) is 22.2 Å². The molecule has 8 nitrogen and oxygen atoms in total. The standard InChI is InChI=1S/C25H29N5O3/c1-15(2)14-27-25(31)21-22-24(29-18-8-6-5-7-17(18)28-22)30(23(21)26)12-11-16-9-10-19(32-3)20(13-16)33-4/h5-10,13,15H,11-12,14,26H2,1-4H3,(H,27,31). The molecule has 33 heavy (non-hydrogen) atoms. The van der Waals surface area contributed by atoms with Crippen LogP contribution in [-0.2, 0) is 13.0 Å². The zero-order chi connectivity index (χ0) is 23.5. The van der Waals surface area contributed by atoms with E-state index < -0.39 is 0 Å². The Labute approximate surface area is 192 Å². The third-order valence-corrected chi connectivity index (χ3v) is 5.56. The molecule has 0 saturated heterocycles. The van der Waals surface area contributed by atoms with Crippen LogP contribution in [0.1, 0.15) is 29.8 Å². The highest BCUT2D eigenvalue weighted by Crippen LogP contribution is 2.30. The van der Waals surface area contributed by atoms with E-state index in [-0.39, 0.29) is 5.91 Å². The molecule has 0 fully saturated rings. The number of hydrogen-bond donors (Lipinski definition) is 2. The summed E-state index contributed by atoms with van der Waals surface area (Å²) in [5.74, 6) is 1.79. The Hall–Kier alpha value is -3.81. The van der Waals surface area contributed by atoms with Crippen molar-refractivity contribution in [1.82, 2.24) is 19.9 Å². The average molecular weight is 448 g/mol. The molecule has 0 atom stereocenters. The molecule has 4 aromatic rings. The van der Waals surface area contributed by atoms with E-state index in [0.29, 0.717) is 59.5 Å². The van der Waals surface area contributed by atoms with E-state index >= 15 is 0 Å². The molecule has 0 unspecified atom stereocenters. The number of para-hydroxylation sites is 2. The summed E-state index contributed by atoms with van der Waals surface area (Å²) in [6, 6.07) is 13.4. The fraction of sp³-hybridized carbons (Fsp3) is 0.320. The quantitative estimate of drug-likeness (QED) is 0.426. The number of aryl methyl sites for hydroxylation is 2. The molecule has 4 rings (SSSR count). The molecule has 0 aliphatic heterocycles. The van der Waals surface area contributed by atoms with Crippen molar-refractivity contribution in [2.24, 2.45) is 5.92 Å². The second kappa shape index (κ2) is 9.36. The van der Waals surface area contributed by atoms with E-state index in [4.69, 9.17) is 25.2 Å². The fourth-order valence-corrected chi connectivity index (χ4v) is 3.83. The highest BCUT2D eigenvalue weighted by atomic mass is 16.5. The summed E-state index contributed by atoms with van der Waals surface area (Å²) >= 11 is 0. The van der Waals surface area contributed by atoms with Crippen molar-refractivity contribution >= 4 is 33.9 Å². The minimum Gasteiger partial charge on any atom is -0.493 e. The number of aromatic nitrogens is 3. The number of benzene rings is 2. The minimum absolute atomic E-state index is 0.236. The summed E-state index contributed by atoms with van der Waals surface area (Å²) in [4.78, 5) is 22.6. The van der Waals surface area contributed by atoms with Gasteiger partial charge in [-0.2, -0.15) is 0 Å². The van der Waals surface area contributed by atoms with Gasteiger partial charge in [0.05, 0.1) is 25.3 Å². The molecule has 0 saturated carbocycles. The van der Waals surface area contributed by atoms with Gasteiger partial charge in [-0.15, -0.1) is 0 Å². The van der Waals surface area contributed by atoms with Gasteiger partial charge in [0, 0.05) is 13.1 Å². The van der Waals surface area contributed by atoms with Gasteiger partial charge in [0.15, 0.2) is 17.1 Å². The Morgan fingerprint density at radius 1 is 1.06 bits per heavy atom. The maximum atomic E-state index is 13.1. The van der Waals surface area contributed by atoms with Crippen molar-refractivity contribution in [2.45, 2.75) is 26.8 Å². The molecule has 1 amide bonds. The number of nitrogens with zero attached hydrogens (tertiary/aromatic N) is 3. The van der Waals surface area contributed by atoms with Gasteiger partial charge in [-0.3, -0.25) is 4.79 Å². The first kappa shape index (κ1) is 22.4. The van der Waals surface area contributed by atoms with Crippen LogP contribution in [0.4, 0.5) is 5.82 Å². The zero-order valence-electron chi connectivity index (χ0n) is 19.4. The van der Waals surface area contributed by atoms with Crippen LogP contribution in [-0.4, -0.2) is 41.2 Å². The van der Waals surface area contributed by atoms with Gasteiger partial charge in [0.1, 0.15) is 16.9 Å². The smallest absolute Gasteiger partial charge is 0.257 e. The number of methoxy groups -OCH3 is 2. The number of nitrogens with one attached hydrogen (secondary N) is 1. The van der Waals surface area contributed by atoms with Gasteiger partial charge in [-0.25, -0.2) is 9.97 Å². The predicted octanol–water partition coefficient (Wildman–Crippen LogP) is 3.81. The van der Waals surface area contributed by atoms with Gasteiger partial charge >= 0.3 is 0 Å². The molecule has 0 aliphatic carbocycles. The van der Waals surface area contributed by atoms with Crippen molar-refractivity contribution in [1.29, 1.82) is 0 Å². The number of nitrogen functional groups attached to an aromatic ring is 1. The molecule has 172 valence electrons. The van der Waals surface area contributed by atoms with E-state index in [1.54, 1.807) is 14.2 Å². The Morgan fingerprint density at radius 2 is 1.76 bits per heavy atom. The third kappa shape index (κ3) is 4.41. The van der Waals surface area contributed by atoms with E-state index in [0.717, 1.165) is 16.6 Å². The summed E-state index contributed by atoms with van der Waals surface area (Å²) in [5, 5.41) is 2.96. The van der Waals surface area contributed by atoms with Gasteiger partial charge in [-0.1, -0.05) is 32.0 Å². The average Bonchev–Trinajstić information content (AvgIpc) is 3.09. The first-order chi connectivity index (χ1) is 15.9. The summed E-state index contributed by atoms with van der Waals surface area (Å²) in [6.45, 7) is 5.17. The number of carbonyl (C=O) groups excluding carboxylic acids is 1. The molecule has 0 aliphatic rings. The van der Waals surface area contributed by atoms with Crippen LogP contribution in [0.15, 0.2) is 42.5 Å². The predicted molar refractivity (Wildman–Crippen MR) is 130 cm³/mol. The summed E-state index contributed by atoms with van der Waals surface area (Å²) < 4.78 is 12.6. The van der Waals surface area contributed by atoms with Crippen LogP contribution in [0.2, 0.25) is 0 Å². The van der Waals surface area contributed by atoms with Crippen molar-refractivity contribution < 1.29 is 14.3 Å². The van der Waals surface area contributed by atoms with Gasteiger partial charge < -0.3 is 25.1 Å². The molecule has 3 N–H and O–H groups in total. The molecule has 2 aromatic carbocycles. The highest BCUT2D eigenvalue weighted by Gasteiger charge is 2.24. The Kier molecular flexibility index (Phi) is 6.35. The zero-order valence-corrected chi connectivity index (χ0v) is 19.4. The number of amides is 1. The van der Waals surface area contributed by atoms with Gasteiger partial charge in [0.25, 0.3) is 5.91 Å². The Bertz CT molecular complexity index is 1310. The lowest BCUT2D eigenvalue weighted by Gasteiger charge is -2.11. The van der Waals surface area contributed by atoms with Gasteiger partial charge in [-0.05, 0) is 42.2 Å². The monoisotopic (exact) mass is 447 g/mol. The van der Waals surface area contributed by atoms with Crippen LogP contribution < -0.4 is 20.5 Å². The molecular formula is C25H29N5O3. The second-order valence-corrected chi connectivity index (χ2v) is 8.34. The topological polar surface area (TPSA) is 104 Å². The normalized spacial score (nSPS) is 11.3. The minimum atomic E-state index is -0.236. The molecule has 0 radical (unpaired) electrons. The number of nitrogens with two attached hydrogens (primary N) is 1. The third-order valence-electron chi connectivity index (χ3n) is 5.56. The number of hydrogen-bond acceptors (Lipinski definition) is 6. The van der Waals surface area contributed by atoms with Crippen molar-refractivity contribution in [2.75, 3.05) is 26.5 Å². The largest absolute Gasteiger partial charge is 0.493 e. The number of rotatable bonds is 8. The van der Waals surface area contributed by atoms with Crippen LogP contribution in [0, 0.1) is 5.92 Å². The van der Waals surface area contributed by atoms with Crippen LogP contribution in [0.3, 0.4) is 0 Å². The van der Waals surface area contributed by atoms with E-state index in [1.807, 2.05) is 60.9 Å². The molecule has 0 spiro atoms. The van der Waals surface area contributed by atoms with Crippen molar-refractivity contribution in [3.63, 3.8) is 0 Å². The summed E-state index contributed by atoms with van der Waals surface area (Å²) in [6.07, 6.45) is 0.663. The molecule has 0 bridgehead atoms. The lowest BCUT2D eigenvalue weighted by molar-refractivity contribution is 0.0951. The molecule has 2 heterocycles. The molecule has 2 aromatic heterocycles. The van der Waals surface area contributed by atoms with E-state index in [9.17, 15) is 4.79 Å². The van der Waals surface area contributed by atoms with Crippen molar-refractivity contribution in [3.8, 4) is 11.5 Å². The number of fused-ring (bicyclic) bond motifs is 2. The summed E-state index contributed by atoms with van der Waals surface area (Å²) in [5.41, 5.74) is 10.5. The first-order valence-electron chi connectivity index (χ1n) is 11.0. The van der Waals surface area contributed by atoms with E-state index in [1.165, 1.54) is 0 Å². The fourth-order valence-electron chi connectivity index (χ4n) is 3.83. The van der Waals surface area contributed by atoms with Gasteiger partial charge in [0.2, 0.25) is 0 Å². The maximum Gasteiger partial charge on any atom is 0.257 e. The second-order valence-electron chi connectivity index (χ2n) is 8.34. The lowest BCUT2D eigenvalue weighted by Crippen LogP contribution is -2.28. The summed E-state index contributed by atoms with van der Waals surface area (Å²) in [7, 11) is 3.22. The lowest BCUT2D eigenvalue weighted by atomic mass is 10.1. The van der Waals surface area contributed by atoms with Crippen LogP contribution in [0.5, 0.6) is 11.5 Å². The Morgan fingerprint density at radius 3 is 2.42 bits per heavy atom. The van der Waals surface area contributed by atoms with Crippen molar-refractivity contribution in [3.05, 3.63) is 53.6 Å². The number of carbonyl (C=O) groups is 1. The molecule has 8 heteroatoms. The maximum absolute atomic E-state index is 13.1. The SMILES string of the molecule is COc1ccc(CCn2c(N)c(C(=O)NCC(C)C)c3nc4ccccc4nc32)cc1OC. The van der Waals surface area contributed by atoms with E-state index in [2.05, 4.69) is 5.32 Å².